The molecule has 0 atom stereocenters. The zero-order valence-electron chi connectivity index (χ0n) is 13.9. The van der Waals surface area contributed by atoms with Gasteiger partial charge in [0.2, 0.25) is 0 Å². The van der Waals surface area contributed by atoms with Crippen LogP contribution in [-0.2, 0) is 0 Å². The van der Waals surface area contributed by atoms with Crippen LogP contribution in [0.15, 0.2) is 70.6 Å². The number of aliphatic imine (C=N–C) groups is 2. The number of hydrogen-bond donors (Lipinski definition) is 2. The van der Waals surface area contributed by atoms with E-state index >= 15 is 0 Å². The van der Waals surface area contributed by atoms with Crippen LogP contribution in [0.1, 0.15) is 17.8 Å². The summed E-state index contributed by atoms with van der Waals surface area (Å²) < 4.78 is 0. The molecule has 0 fully saturated rings. The van der Waals surface area contributed by atoms with E-state index in [-0.39, 0.29) is 0 Å². The molecule has 0 saturated carbocycles. The lowest BCUT2D eigenvalue weighted by atomic mass is 10.2. The Labute approximate surface area is 146 Å². The lowest BCUT2D eigenvalue weighted by Gasteiger charge is -1.91. The van der Waals surface area contributed by atoms with E-state index in [0.717, 1.165) is 41.9 Å². The van der Waals surface area contributed by atoms with E-state index in [1.165, 1.54) is 10.8 Å². The molecule has 0 aliphatic heterocycles. The summed E-state index contributed by atoms with van der Waals surface area (Å²) in [5.74, 6) is 0. The highest BCUT2D eigenvalue weighted by Gasteiger charge is 1.97. The van der Waals surface area contributed by atoms with Crippen molar-refractivity contribution in [1.82, 2.24) is 9.97 Å². The molecule has 0 bridgehead atoms. The number of fused-ring (bicyclic) bond motifs is 2. The lowest BCUT2D eigenvalue weighted by molar-refractivity contribution is 0.850. The van der Waals surface area contributed by atoms with Crippen LogP contribution >= 0.6 is 0 Å². The van der Waals surface area contributed by atoms with E-state index in [1.54, 1.807) is 0 Å². The van der Waals surface area contributed by atoms with E-state index < -0.39 is 0 Å². The number of rotatable bonds is 6. The first-order valence-corrected chi connectivity index (χ1v) is 8.54. The quantitative estimate of drug-likeness (QED) is 0.385. The molecule has 0 saturated heterocycles. The molecule has 4 rings (SSSR count). The van der Waals surface area contributed by atoms with Crippen LogP contribution in [-0.4, -0.2) is 35.5 Å². The van der Waals surface area contributed by atoms with E-state index in [4.69, 9.17) is 0 Å². The van der Waals surface area contributed by atoms with E-state index in [1.807, 2.05) is 36.7 Å². The highest BCUT2D eigenvalue weighted by atomic mass is 14.8. The molecule has 4 nitrogen and oxygen atoms in total. The number of aromatic nitrogens is 2. The minimum atomic E-state index is 0.777. The number of para-hydroxylation sites is 2. The molecule has 124 valence electrons. The predicted octanol–water partition coefficient (Wildman–Crippen LogP) is 4.58. The molecule has 0 radical (unpaired) electrons. The molecular weight excluding hydrogens is 308 g/mol. The van der Waals surface area contributed by atoms with Crippen molar-refractivity contribution in [3.8, 4) is 0 Å². The topological polar surface area (TPSA) is 56.3 Å². The first kappa shape index (κ1) is 15.4. The molecule has 0 amide bonds. The first-order chi connectivity index (χ1) is 12.4. The number of nitrogens with one attached hydrogen (secondary N) is 2. The van der Waals surface area contributed by atoms with Crippen molar-refractivity contribution >= 4 is 34.2 Å². The Bertz CT molecular complexity index is 886. The molecule has 4 heteroatoms. The summed E-state index contributed by atoms with van der Waals surface area (Å²) in [5, 5.41) is 2.43. The number of H-pyrrole nitrogens is 2. The van der Waals surface area contributed by atoms with Gasteiger partial charge in [0.1, 0.15) is 0 Å². The smallest absolute Gasteiger partial charge is 0.0572 e. The van der Waals surface area contributed by atoms with Crippen molar-refractivity contribution < 1.29 is 0 Å². The fourth-order valence-electron chi connectivity index (χ4n) is 2.91. The summed E-state index contributed by atoms with van der Waals surface area (Å²) in [4.78, 5) is 15.7. The largest absolute Gasteiger partial charge is 0.354 e. The molecule has 2 N–H and O–H groups in total. The van der Waals surface area contributed by atoms with Gasteiger partial charge in [-0.15, -0.1) is 0 Å². The minimum absolute atomic E-state index is 0.777. The third kappa shape index (κ3) is 3.69. The molecule has 25 heavy (non-hydrogen) atoms. The molecule has 0 spiro atoms. The Morgan fingerprint density at radius 2 is 1.16 bits per heavy atom. The molecule has 0 aliphatic carbocycles. The Morgan fingerprint density at radius 3 is 1.64 bits per heavy atom. The van der Waals surface area contributed by atoms with Crippen LogP contribution in [0, 0.1) is 0 Å². The zero-order valence-corrected chi connectivity index (χ0v) is 13.9. The second kappa shape index (κ2) is 7.18. The number of aromatic amines is 2. The minimum Gasteiger partial charge on any atom is -0.354 e. The average Bonchev–Trinajstić information content (AvgIpc) is 3.23. The second-order valence-electron chi connectivity index (χ2n) is 6.05. The van der Waals surface area contributed by atoms with Gasteiger partial charge in [-0.3, -0.25) is 9.98 Å². The first-order valence-electron chi connectivity index (χ1n) is 8.54. The van der Waals surface area contributed by atoms with Crippen LogP contribution in [0.25, 0.3) is 21.8 Å². The fraction of sp³-hybridized carbons (Fsp3) is 0.143. The van der Waals surface area contributed by atoms with E-state index in [0.29, 0.717) is 0 Å². The zero-order chi connectivity index (χ0) is 16.9. The maximum Gasteiger partial charge on any atom is 0.0572 e. The van der Waals surface area contributed by atoms with Gasteiger partial charge in [0, 0.05) is 47.3 Å². The number of hydrogen-bond acceptors (Lipinski definition) is 2. The summed E-state index contributed by atoms with van der Waals surface area (Å²) in [6.07, 6.45) is 4.75. The van der Waals surface area contributed by atoms with Gasteiger partial charge in [0.25, 0.3) is 0 Å². The Balaban J connectivity index is 1.26. The van der Waals surface area contributed by atoms with Gasteiger partial charge in [0.05, 0.1) is 11.4 Å². The average molecular weight is 328 g/mol. The highest BCUT2D eigenvalue weighted by molar-refractivity contribution is 5.90. The summed E-state index contributed by atoms with van der Waals surface area (Å²) in [6, 6.07) is 20.7. The summed E-state index contributed by atoms with van der Waals surface area (Å²) >= 11 is 0. The molecule has 2 aromatic heterocycles. The maximum atomic E-state index is 4.48. The van der Waals surface area contributed by atoms with Gasteiger partial charge in [-0.05, 0) is 30.7 Å². The van der Waals surface area contributed by atoms with Crippen LogP contribution in [0.4, 0.5) is 0 Å². The van der Waals surface area contributed by atoms with Gasteiger partial charge in [-0.25, -0.2) is 0 Å². The van der Waals surface area contributed by atoms with Crippen molar-refractivity contribution in [2.24, 2.45) is 9.98 Å². The van der Waals surface area contributed by atoms with Crippen molar-refractivity contribution in [2.75, 3.05) is 13.1 Å². The van der Waals surface area contributed by atoms with Gasteiger partial charge in [0.15, 0.2) is 0 Å². The normalized spacial score (nSPS) is 12.2. The molecule has 0 unspecified atom stereocenters. The monoisotopic (exact) mass is 328 g/mol. The van der Waals surface area contributed by atoms with Crippen molar-refractivity contribution in [2.45, 2.75) is 6.42 Å². The third-order valence-electron chi connectivity index (χ3n) is 4.14. The van der Waals surface area contributed by atoms with Gasteiger partial charge in [-0.1, -0.05) is 36.4 Å². The number of benzene rings is 2. The molecule has 0 aliphatic rings. The van der Waals surface area contributed by atoms with Crippen molar-refractivity contribution in [3.63, 3.8) is 0 Å². The third-order valence-corrected chi connectivity index (χ3v) is 4.14. The van der Waals surface area contributed by atoms with E-state index in [2.05, 4.69) is 56.4 Å². The predicted molar refractivity (Wildman–Crippen MR) is 106 cm³/mol. The molecule has 2 aromatic carbocycles. The van der Waals surface area contributed by atoms with Gasteiger partial charge >= 0.3 is 0 Å². The Morgan fingerprint density at radius 1 is 0.680 bits per heavy atom. The standard InChI is InChI=1S/C21H20N4/c1-3-8-20-16(6-1)12-18(24-20)14-22-10-5-11-23-15-19-13-17-7-2-4-9-21(17)25-19/h1-4,6-9,12-15,24-25H,5,10-11H2. The van der Waals surface area contributed by atoms with Crippen molar-refractivity contribution in [1.29, 1.82) is 0 Å². The molecular formula is C21H20N4. The van der Waals surface area contributed by atoms with E-state index in [9.17, 15) is 0 Å². The number of nitrogens with zero attached hydrogens (tertiary/aromatic N) is 2. The van der Waals surface area contributed by atoms with Gasteiger partial charge < -0.3 is 9.97 Å². The maximum absolute atomic E-state index is 4.48. The summed E-state index contributed by atoms with van der Waals surface area (Å²) in [5.41, 5.74) is 4.38. The van der Waals surface area contributed by atoms with Crippen molar-refractivity contribution in [3.05, 3.63) is 72.1 Å². The van der Waals surface area contributed by atoms with Crippen LogP contribution in [0.3, 0.4) is 0 Å². The Kier molecular flexibility index (Phi) is 4.42. The van der Waals surface area contributed by atoms with Crippen LogP contribution < -0.4 is 0 Å². The summed E-state index contributed by atoms with van der Waals surface area (Å²) in [7, 11) is 0. The fourth-order valence-corrected chi connectivity index (χ4v) is 2.91. The van der Waals surface area contributed by atoms with Crippen LogP contribution in [0.2, 0.25) is 0 Å². The van der Waals surface area contributed by atoms with Gasteiger partial charge in [-0.2, -0.15) is 0 Å². The Hall–Kier alpha value is -3.14. The molecule has 4 aromatic rings. The second-order valence-corrected chi connectivity index (χ2v) is 6.05. The van der Waals surface area contributed by atoms with Crippen LogP contribution in [0.5, 0.6) is 0 Å². The lowest BCUT2D eigenvalue weighted by Crippen LogP contribution is -1.89. The SMILES string of the molecule is C(=NCCCN=Cc1cc2ccccc2[nH]1)c1cc2ccccc2[nH]1. The molecule has 2 heterocycles. The highest BCUT2D eigenvalue weighted by Crippen LogP contribution is 2.14. The summed E-state index contributed by atoms with van der Waals surface area (Å²) in [6.45, 7) is 1.55.